The molecule has 0 spiro atoms. The summed E-state index contributed by atoms with van der Waals surface area (Å²) in [6.45, 7) is 8.46. The first-order valence-electron chi connectivity index (χ1n) is 5.31. The van der Waals surface area contributed by atoms with Gasteiger partial charge in [-0.3, -0.25) is 4.79 Å². The van der Waals surface area contributed by atoms with Gasteiger partial charge in [-0.25, -0.2) is 4.98 Å². The van der Waals surface area contributed by atoms with Crippen LogP contribution in [-0.2, 0) is 5.41 Å². The Balaban J connectivity index is 0. The van der Waals surface area contributed by atoms with Crippen molar-refractivity contribution in [2.75, 3.05) is 6.54 Å². The summed E-state index contributed by atoms with van der Waals surface area (Å²) < 4.78 is 0. The maximum Gasteiger partial charge on any atom is 0.263 e. The van der Waals surface area contributed by atoms with Crippen molar-refractivity contribution in [1.29, 1.82) is 0 Å². The molecule has 1 atom stereocenters. The van der Waals surface area contributed by atoms with Crippen molar-refractivity contribution in [1.82, 2.24) is 10.3 Å². The van der Waals surface area contributed by atoms with Crippen LogP contribution in [0.3, 0.4) is 0 Å². The van der Waals surface area contributed by atoms with E-state index in [0.29, 0.717) is 11.4 Å². The fourth-order valence-corrected chi connectivity index (χ4v) is 2.19. The average molecular weight is 314 g/mol. The summed E-state index contributed by atoms with van der Waals surface area (Å²) in [4.78, 5) is 16.9. The Bertz CT molecular complexity index is 377. The summed E-state index contributed by atoms with van der Waals surface area (Å²) in [6.07, 6.45) is 0. The van der Waals surface area contributed by atoms with E-state index in [1.807, 2.05) is 27.7 Å². The van der Waals surface area contributed by atoms with Gasteiger partial charge >= 0.3 is 0 Å². The van der Waals surface area contributed by atoms with Gasteiger partial charge in [-0.15, -0.1) is 36.2 Å². The average Bonchev–Trinajstić information content (AvgIpc) is 2.65. The Morgan fingerprint density at radius 1 is 1.50 bits per heavy atom. The van der Waals surface area contributed by atoms with Gasteiger partial charge in [0.2, 0.25) is 0 Å². The van der Waals surface area contributed by atoms with Crippen LogP contribution < -0.4 is 11.1 Å². The van der Waals surface area contributed by atoms with Crippen LogP contribution in [-0.4, -0.2) is 23.5 Å². The molecule has 0 aliphatic carbocycles. The van der Waals surface area contributed by atoms with Crippen LogP contribution in [0.15, 0.2) is 5.51 Å². The van der Waals surface area contributed by atoms with Crippen LogP contribution in [0.4, 0.5) is 0 Å². The monoisotopic (exact) mass is 313 g/mol. The number of halogens is 2. The Labute approximate surface area is 125 Å². The molecule has 0 bridgehead atoms. The number of rotatable bonds is 3. The van der Waals surface area contributed by atoms with E-state index in [9.17, 15) is 4.79 Å². The smallest absolute Gasteiger partial charge is 0.263 e. The Hall–Kier alpha value is -0.360. The highest BCUT2D eigenvalue weighted by molar-refractivity contribution is 7.11. The first-order valence-corrected chi connectivity index (χ1v) is 6.19. The van der Waals surface area contributed by atoms with Crippen molar-refractivity contribution >= 4 is 42.1 Å². The van der Waals surface area contributed by atoms with E-state index < -0.39 is 0 Å². The molecule has 1 rings (SSSR count). The normalized spacial score (nSPS) is 12.1. The lowest BCUT2D eigenvalue weighted by atomic mass is 9.91. The summed E-state index contributed by atoms with van der Waals surface area (Å²) in [5, 5.41) is 2.85. The molecule has 0 radical (unpaired) electrons. The van der Waals surface area contributed by atoms with Crippen molar-refractivity contribution in [3.8, 4) is 0 Å². The number of carbonyl (C=O) groups excluding carboxylic acids is 1. The molecule has 106 valence electrons. The lowest BCUT2D eigenvalue weighted by molar-refractivity contribution is 0.0943. The number of hydrogen-bond donors (Lipinski definition) is 2. The molecule has 1 aromatic heterocycles. The van der Waals surface area contributed by atoms with Crippen LogP contribution in [0.25, 0.3) is 0 Å². The summed E-state index contributed by atoms with van der Waals surface area (Å²) in [6, 6.07) is -0.0116. The number of thiazole rings is 1. The van der Waals surface area contributed by atoms with Gasteiger partial charge in [0.1, 0.15) is 4.88 Å². The number of carbonyl (C=O) groups is 1. The molecule has 0 aromatic carbocycles. The number of nitrogens with zero attached hydrogens (tertiary/aromatic N) is 1. The zero-order valence-corrected chi connectivity index (χ0v) is 13.5. The van der Waals surface area contributed by atoms with E-state index in [1.54, 1.807) is 5.51 Å². The Morgan fingerprint density at radius 3 is 2.50 bits per heavy atom. The molecule has 0 fully saturated rings. The molecule has 7 heteroatoms. The maximum atomic E-state index is 11.9. The highest BCUT2D eigenvalue weighted by Gasteiger charge is 2.25. The highest BCUT2D eigenvalue weighted by atomic mass is 35.5. The molecular weight excluding hydrogens is 293 g/mol. The molecule has 1 aromatic rings. The fraction of sp³-hybridized carbons (Fsp3) is 0.636. The minimum atomic E-state index is -0.112. The molecule has 3 N–H and O–H groups in total. The van der Waals surface area contributed by atoms with E-state index in [4.69, 9.17) is 5.73 Å². The van der Waals surface area contributed by atoms with Crippen LogP contribution in [0.5, 0.6) is 0 Å². The first kappa shape index (κ1) is 20.0. The summed E-state index contributed by atoms with van der Waals surface area (Å²) >= 11 is 1.37. The van der Waals surface area contributed by atoms with Crippen molar-refractivity contribution in [3.63, 3.8) is 0 Å². The molecule has 1 heterocycles. The summed E-state index contributed by atoms with van der Waals surface area (Å²) in [5.74, 6) is -0.0784. The summed E-state index contributed by atoms with van der Waals surface area (Å²) in [7, 11) is 0. The molecule has 0 aliphatic rings. The maximum absolute atomic E-state index is 11.9. The van der Waals surface area contributed by atoms with E-state index in [0.717, 1.165) is 5.69 Å². The van der Waals surface area contributed by atoms with Gasteiger partial charge in [0.25, 0.3) is 5.91 Å². The highest BCUT2D eigenvalue weighted by Crippen LogP contribution is 2.26. The number of amides is 1. The van der Waals surface area contributed by atoms with Gasteiger partial charge in [0.15, 0.2) is 0 Å². The third-order valence-electron chi connectivity index (χ3n) is 2.22. The van der Waals surface area contributed by atoms with Crippen molar-refractivity contribution in [3.05, 3.63) is 16.1 Å². The van der Waals surface area contributed by atoms with Gasteiger partial charge in [0.05, 0.1) is 11.2 Å². The third kappa shape index (κ3) is 5.10. The molecule has 18 heavy (non-hydrogen) atoms. The van der Waals surface area contributed by atoms with E-state index in [2.05, 4.69) is 10.3 Å². The molecule has 0 saturated carbocycles. The lowest BCUT2D eigenvalue weighted by Crippen LogP contribution is -2.38. The molecule has 4 nitrogen and oxygen atoms in total. The van der Waals surface area contributed by atoms with Crippen LogP contribution in [0.1, 0.15) is 43.1 Å². The zero-order valence-electron chi connectivity index (χ0n) is 11.0. The molecule has 1 amide bonds. The predicted molar refractivity (Wildman–Crippen MR) is 81.3 cm³/mol. The van der Waals surface area contributed by atoms with Crippen molar-refractivity contribution in [2.24, 2.45) is 5.73 Å². The molecular formula is C11H21Cl2N3OS. The van der Waals surface area contributed by atoms with Crippen LogP contribution in [0, 0.1) is 0 Å². The Kier molecular flexibility index (Phi) is 8.81. The lowest BCUT2D eigenvalue weighted by Gasteiger charge is -2.18. The standard InChI is InChI=1S/C11H19N3OS.2ClH/c1-7(5-12)14-10(15)8-9(11(2,3)4)13-6-16-8;;/h6-7H,5,12H2,1-4H3,(H,14,15);2*1H/t7-;;/m0../s1. The predicted octanol–water partition coefficient (Wildman–Crippen LogP) is 2.36. The van der Waals surface area contributed by atoms with Gasteiger partial charge in [-0.2, -0.15) is 0 Å². The second-order valence-electron chi connectivity index (χ2n) is 4.89. The number of nitrogens with two attached hydrogens (primary N) is 1. The third-order valence-corrected chi connectivity index (χ3v) is 3.04. The topological polar surface area (TPSA) is 68.0 Å². The molecule has 0 unspecified atom stereocenters. The van der Waals surface area contributed by atoms with Crippen LogP contribution >= 0.6 is 36.2 Å². The quantitative estimate of drug-likeness (QED) is 0.900. The largest absolute Gasteiger partial charge is 0.348 e. The van der Waals surface area contributed by atoms with Crippen molar-refractivity contribution in [2.45, 2.75) is 39.2 Å². The minimum absolute atomic E-state index is 0. The summed E-state index contributed by atoms with van der Waals surface area (Å²) in [5.41, 5.74) is 7.92. The Morgan fingerprint density at radius 2 is 2.06 bits per heavy atom. The SMILES string of the molecule is C[C@@H](CN)NC(=O)c1scnc1C(C)(C)C.Cl.Cl. The fourth-order valence-electron chi connectivity index (χ4n) is 1.29. The van der Waals surface area contributed by atoms with Gasteiger partial charge in [-0.1, -0.05) is 20.8 Å². The first-order chi connectivity index (χ1) is 7.36. The van der Waals surface area contributed by atoms with Crippen molar-refractivity contribution < 1.29 is 4.79 Å². The second-order valence-corrected chi connectivity index (χ2v) is 5.75. The second kappa shape index (κ2) is 7.94. The minimum Gasteiger partial charge on any atom is -0.348 e. The van der Waals surface area contributed by atoms with Gasteiger partial charge in [-0.05, 0) is 6.92 Å². The van der Waals surface area contributed by atoms with E-state index in [1.165, 1.54) is 11.3 Å². The number of aromatic nitrogens is 1. The number of hydrogen-bond acceptors (Lipinski definition) is 4. The van der Waals surface area contributed by atoms with E-state index >= 15 is 0 Å². The van der Waals surface area contributed by atoms with Gasteiger partial charge < -0.3 is 11.1 Å². The molecule has 0 aliphatic heterocycles. The van der Waals surface area contributed by atoms with E-state index in [-0.39, 0.29) is 42.2 Å². The number of nitrogens with one attached hydrogen (secondary N) is 1. The zero-order chi connectivity index (χ0) is 12.3. The van der Waals surface area contributed by atoms with Gasteiger partial charge in [0, 0.05) is 18.0 Å². The van der Waals surface area contributed by atoms with Crippen LogP contribution in [0.2, 0.25) is 0 Å². The molecule has 0 saturated heterocycles.